The van der Waals surface area contributed by atoms with E-state index < -0.39 is 0 Å². The molecule has 3 aromatic rings. The Morgan fingerprint density at radius 1 is 1.24 bits per heavy atom. The summed E-state index contributed by atoms with van der Waals surface area (Å²) in [5.41, 5.74) is 13.0. The second kappa shape index (κ2) is 5.63. The molecule has 108 valence electrons. The molecule has 0 fully saturated rings. The van der Waals surface area contributed by atoms with Crippen molar-refractivity contribution in [2.45, 2.75) is 17.3 Å². The standard InChI is InChI=1S/C12H11ClN6S2/c1-5(7-3-2-6(13)4-16-7)20-12-17-9(14)8-10(19-12)18-11(15)21-8/h2-5H,1H3,(H4,14,15,17,18,19). The molecule has 0 aromatic carbocycles. The van der Waals surface area contributed by atoms with E-state index >= 15 is 0 Å². The van der Waals surface area contributed by atoms with E-state index in [1.54, 1.807) is 12.3 Å². The second-order valence-electron chi connectivity index (χ2n) is 4.26. The van der Waals surface area contributed by atoms with Crippen LogP contribution in [-0.2, 0) is 0 Å². The molecule has 1 unspecified atom stereocenters. The molecule has 9 heteroatoms. The van der Waals surface area contributed by atoms with Crippen LogP contribution in [-0.4, -0.2) is 19.9 Å². The molecule has 6 nitrogen and oxygen atoms in total. The molecule has 4 N–H and O–H groups in total. The molecule has 0 aliphatic rings. The maximum atomic E-state index is 5.92. The van der Waals surface area contributed by atoms with Gasteiger partial charge in [0, 0.05) is 6.20 Å². The quantitative estimate of drug-likeness (QED) is 0.558. The molecule has 3 heterocycles. The van der Waals surface area contributed by atoms with Gasteiger partial charge in [0.1, 0.15) is 10.5 Å². The zero-order valence-corrected chi connectivity index (χ0v) is 13.3. The molecule has 0 spiro atoms. The minimum atomic E-state index is 0.0649. The van der Waals surface area contributed by atoms with Gasteiger partial charge in [-0.05, 0) is 19.1 Å². The number of halogens is 1. The number of pyridine rings is 1. The van der Waals surface area contributed by atoms with Crippen LogP contribution in [0.25, 0.3) is 10.3 Å². The summed E-state index contributed by atoms with van der Waals surface area (Å²) in [5.74, 6) is 0.396. The Balaban J connectivity index is 1.88. The number of thioether (sulfide) groups is 1. The molecule has 0 aliphatic heterocycles. The molecular weight excluding hydrogens is 328 g/mol. The number of rotatable bonds is 3. The van der Waals surface area contributed by atoms with Crippen molar-refractivity contribution in [1.82, 2.24) is 19.9 Å². The molecular formula is C12H11ClN6S2. The van der Waals surface area contributed by atoms with Crippen LogP contribution in [0.2, 0.25) is 5.02 Å². The number of nitrogen functional groups attached to an aromatic ring is 2. The van der Waals surface area contributed by atoms with Crippen LogP contribution in [0.1, 0.15) is 17.9 Å². The van der Waals surface area contributed by atoms with Crippen molar-refractivity contribution in [2.24, 2.45) is 0 Å². The molecule has 0 aliphatic carbocycles. The van der Waals surface area contributed by atoms with E-state index in [4.69, 9.17) is 23.1 Å². The van der Waals surface area contributed by atoms with Crippen molar-refractivity contribution in [2.75, 3.05) is 11.5 Å². The maximum absolute atomic E-state index is 5.92. The average molecular weight is 339 g/mol. The fraction of sp³-hybridized carbons (Fsp3) is 0.167. The van der Waals surface area contributed by atoms with Crippen LogP contribution in [0, 0.1) is 0 Å². The van der Waals surface area contributed by atoms with Gasteiger partial charge in [-0.2, -0.15) is 0 Å². The Morgan fingerprint density at radius 2 is 2.05 bits per heavy atom. The lowest BCUT2D eigenvalue weighted by atomic mass is 10.3. The highest BCUT2D eigenvalue weighted by atomic mass is 35.5. The summed E-state index contributed by atoms with van der Waals surface area (Å²) in [6, 6.07) is 3.68. The fourth-order valence-corrected chi connectivity index (χ4v) is 3.39. The lowest BCUT2D eigenvalue weighted by Gasteiger charge is -2.09. The fourth-order valence-electron chi connectivity index (χ4n) is 1.74. The van der Waals surface area contributed by atoms with E-state index in [1.807, 2.05) is 13.0 Å². The molecule has 0 saturated carbocycles. The molecule has 3 rings (SSSR count). The maximum Gasteiger partial charge on any atom is 0.192 e. The molecule has 0 bridgehead atoms. The van der Waals surface area contributed by atoms with Crippen LogP contribution in [0.15, 0.2) is 23.5 Å². The smallest absolute Gasteiger partial charge is 0.192 e. The molecule has 21 heavy (non-hydrogen) atoms. The Hall–Kier alpha value is -1.64. The summed E-state index contributed by atoms with van der Waals surface area (Å²) in [6.45, 7) is 2.01. The largest absolute Gasteiger partial charge is 0.382 e. The highest BCUT2D eigenvalue weighted by Crippen LogP contribution is 2.35. The third-order valence-corrected chi connectivity index (χ3v) is 4.83. The number of nitrogens with two attached hydrogens (primary N) is 2. The summed E-state index contributed by atoms with van der Waals surface area (Å²) in [5, 5.41) is 1.65. The number of thiazole rings is 1. The van der Waals surface area contributed by atoms with Gasteiger partial charge in [0.2, 0.25) is 0 Å². The number of hydrogen-bond acceptors (Lipinski definition) is 8. The van der Waals surface area contributed by atoms with Gasteiger partial charge in [-0.1, -0.05) is 34.7 Å². The van der Waals surface area contributed by atoms with Crippen LogP contribution < -0.4 is 11.5 Å². The first-order chi connectivity index (χ1) is 10.0. The Bertz CT molecular complexity index is 788. The van der Waals surface area contributed by atoms with Crippen molar-refractivity contribution < 1.29 is 0 Å². The first-order valence-corrected chi connectivity index (χ1v) is 8.08. The van der Waals surface area contributed by atoms with E-state index in [9.17, 15) is 0 Å². The monoisotopic (exact) mass is 338 g/mol. The third kappa shape index (κ3) is 3.02. The summed E-state index contributed by atoms with van der Waals surface area (Å²) < 4.78 is 0.717. The Morgan fingerprint density at radius 3 is 2.76 bits per heavy atom. The second-order valence-corrected chi connectivity index (χ2v) is 7.03. The first kappa shape index (κ1) is 14.3. The zero-order valence-electron chi connectivity index (χ0n) is 10.9. The van der Waals surface area contributed by atoms with Gasteiger partial charge in [-0.15, -0.1) is 0 Å². The highest BCUT2D eigenvalue weighted by Gasteiger charge is 2.15. The lowest BCUT2D eigenvalue weighted by molar-refractivity contribution is 0.960. The molecule has 3 aromatic heterocycles. The van der Waals surface area contributed by atoms with Crippen molar-refractivity contribution in [3.05, 3.63) is 29.0 Å². The van der Waals surface area contributed by atoms with E-state index in [-0.39, 0.29) is 5.25 Å². The van der Waals surface area contributed by atoms with Gasteiger partial charge in [-0.25, -0.2) is 15.0 Å². The van der Waals surface area contributed by atoms with E-state index in [2.05, 4.69) is 19.9 Å². The number of fused-ring (bicyclic) bond motifs is 1. The van der Waals surface area contributed by atoms with Gasteiger partial charge in [0.15, 0.2) is 15.9 Å². The van der Waals surface area contributed by atoms with Crippen LogP contribution in [0.3, 0.4) is 0 Å². The molecule has 0 radical (unpaired) electrons. The summed E-state index contributed by atoms with van der Waals surface area (Å²) in [4.78, 5) is 17.1. The van der Waals surface area contributed by atoms with Crippen LogP contribution in [0.4, 0.5) is 10.9 Å². The Labute approximate surface area is 134 Å². The van der Waals surface area contributed by atoms with Gasteiger partial charge in [-0.3, -0.25) is 4.98 Å². The van der Waals surface area contributed by atoms with Crippen molar-refractivity contribution in [3.63, 3.8) is 0 Å². The first-order valence-electron chi connectivity index (χ1n) is 6.00. The van der Waals surface area contributed by atoms with Crippen molar-refractivity contribution >= 4 is 56.0 Å². The predicted molar refractivity (Wildman–Crippen MR) is 87.6 cm³/mol. The Kier molecular flexibility index (Phi) is 3.83. The molecule has 0 saturated heterocycles. The van der Waals surface area contributed by atoms with Gasteiger partial charge >= 0.3 is 0 Å². The number of anilines is 2. The van der Waals surface area contributed by atoms with Gasteiger partial charge in [0.05, 0.1) is 16.0 Å². The SMILES string of the molecule is CC(Sc1nc(N)c2sc(N)nc2n1)c1ccc(Cl)cn1. The third-order valence-electron chi connectivity index (χ3n) is 2.73. The number of hydrogen-bond donors (Lipinski definition) is 2. The molecule has 0 amide bonds. The lowest BCUT2D eigenvalue weighted by Crippen LogP contribution is -1.98. The van der Waals surface area contributed by atoms with E-state index in [0.29, 0.717) is 31.5 Å². The molecule has 1 atom stereocenters. The number of aromatic nitrogens is 4. The minimum absolute atomic E-state index is 0.0649. The van der Waals surface area contributed by atoms with Crippen LogP contribution in [0.5, 0.6) is 0 Å². The van der Waals surface area contributed by atoms with Crippen LogP contribution >= 0.6 is 34.7 Å². The normalized spacial score (nSPS) is 12.7. The minimum Gasteiger partial charge on any atom is -0.382 e. The van der Waals surface area contributed by atoms with E-state index in [0.717, 1.165) is 5.69 Å². The van der Waals surface area contributed by atoms with Crippen molar-refractivity contribution in [3.8, 4) is 0 Å². The van der Waals surface area contributed by atoms with Gasteiger partial charge in [0.25, 0.3) is 0 Å². The van der Waals surface area contributed by atoms with E-state index in [1.165, 1.54) is 23.1 Å². The predicted octanol–water partition coefficient (Wildman–Crippen LogP) is 3.15. The number of nitrogens with zero attached hydrogens (tertiary/aromatic N) is 4. The summed E-state index contributed by atoms with van der Waals surface area (Å²) in [7, 11) is 0. The summed E-state index contributed by atoms with van der Waals surface area (Å²) in [6.07, 6.45) is 1.62. The van der Waals surface area contributed by atoms with Crippen molar-refractivity contribution in [1.29, 1.82) is 0 Å². The zero-order chi connectivity index (χ0) is 15.0. The highest BCUT2D eigenvalue weighted by molar-refractivity contribution is 7.99. The average Bonchev–Trinajstić information content (AvgIpc) is 2.80. The topological polar surface area (TPSA) is 104 Å². The van der Waals surface area contributed by atoms with Gasteiger partial charge < -0.3 is 11.5 Å². The summed E-state index contributed by atoms with van der Waals surface area (Å²) >= 11 is 8.58.